The molecule has 0 aliphatic rings. The maximum atomic E-state index is 10.8. The number of carbonyl (C=O) groups excluding carboxylic acids is 1. The molecular weight excluding hydrogens is 251 g/mol. The van der Waals surface area contributed by atoms with Crippen molar-refractivity contribution in [2.75, 3.05) is 25.6 Å². The number of primary amides is 1. The summed E-state index contributed by atoms with van der Waals surface area (Å²) >= 11 is 12.0. The molecule has 16 heavy (non-hydrogen) atoms. The third kappa shape index (κ3) is 2.71. The van der Waals surface area contributed by atoms with Crippen molar-refractivity contribution in [1.29, 1.82) is 0 Å². The molecule has 6 heteroatoms. The summed E-state index contributed by atoms with van der Waals surface area (Å²) in [5.41, 5.74) is 5.72. The van der Waals surface area contributed by atoms with Crippen molar-refractivity contribution in [1.82, 2.24) is 0 Å². The Morgan fingerprint density at radius 2 is 2.06 bits per heavy atom. The van der Waals surface area contributed by atoms with Crippen LogP contribution in [-0.4, -0.2) is 26.6 Å². The Bertz CT molecular complexity index is 410. The highest BCUT2D eigenvalue weighted by atomic mass is 35.5. The average Bonchev–Trinajstić information content (AvgIpc) is 2.20. The number of nitrogens with two attached hydrogens (primary N) is 1. The fourth-order valence-electron chi connectivity index (χ4n) is 1.29. The molecule has 88 valence electrons. The standard InChI is InChI=1S/C10H12Cl2N2O2/c1-14(5-8(13)15)6-3-4-7(16-2)10(12)9(6)11/h3-4H,5H2,1-2H3,(H2,13,15). The van der Waals surface area contributed by atoms with E-state index in [4.69, 9.17) is 33.7 Å². The third-order valence-electron chi connectivity index (χ3n) is 2.05. The molecule has 0 aromatic heterocycles. The Kier molecular flexibility index (Phi) is 4.26. The first-order valence-electron chi connectivity index (χ1n) is 4.48. The van der Waals surface area contributed by atoms with Crippen LogP contribution in [0.5, 0.6) is 5.75 Å². The predicted octanol–water partition coefficient (Wildman–Crippen LogP) is 1.92. The summed E-state index contributed by atoms with van der Waals surface area (Å²) in [6.07, 6.45) is 0. The van der Waals surface area contributed by atoms with Crippen molar-refractivity contribution < 1.29 is 9.53 Å². The SMILES string of the molecule is COc1ccc(N(C)CC(N)=O)c(Cl)c1Cl. The highest BCUT2D eigenvalue weighted by molar-refractivity contribution is 6.44. The van der Waals surface area contributed by atoms with Gasteiger partial charge in [-0.1, -0.05) is 23.2 Å². The van der Waals surface area contributed by atoms with Gasteiger partial charge in [-0.3, -0.25) is 4.79 Å². The van der Waals surface area contributed by atoms with Crippen LogP contribution in [0.15, 0.2) is 12.1 Å². The van der Waals surface area contributed by atoms with Crippen molar-refractivity contribution in [3.8, 4) is 5.75 Å². The molecule has 1 rings (SSSR count). The maximum absolute atomic E-state index is 10.8. The molecule has 0 heterocycles. The minimum absolute atomic E-state index is 0.0718. The number of nitrogens with zero attached hydrogens (tertiary/aromatic N) is 1. The van der Waals surface area contributed by atoms with E-state index in [0.717, 1.165) is 0 Å². The fourth-order valence-corrected chi connectivity index (χ4v) is 1.83. The number of rotatable bonds is 4. The van der Waals surface area contributed by atoms with Gasteiger partial charge in [0.05, 0.1) is 24.4 Å². The van der Waals surface area contributed by atoms with Gasteiger partial charge in [-0.15, -0.1) is 0 Å². The lowest BCUT2D eigenvalue weighted by atomic mass is 10.2. The monoisotopic (exact) mass is 262 g/mol. The third-order valence-corrected chi connectivity index (χ3v) is 2.91. The van der Waals surface area contributed by atoms with Crippen molar-refractivity contribution >= 4 is 34.8 Å². The number of benzene rings is 1. The van der Waals surface area contributed by atoms with Crippen LogP contribution in [0.4, 0.5) is 5.69 Å². The molecule has 1 amide bonds. The van der Waals surface area contributed by atoms with Gasteiger partial charge in [0, 0.05) is 7.05 Å². The Balaban J connectivity index is 3.06. The number of amides is 1. The summed E-state index contributed by atoms with van der Waals surface area (Å²) in [7, 11) is 3.21. The molecule has 0 radical (unpaired) electrons. The largest absolute Gasteiger partial charge is 0.495 e. The minimum atomic E-state index is -0.439. The van der Waals surface area contributed by atoms with E-state index in [1.165, 1.54) is 7.11 Å². The van der Waals surface area contributed by atoms with E-state index in [1.807, 2.05) is 0 Å². The van der Waals surface area contributed by atoms with Crippen LogP contribution in [0.3, 0.4) is 0 Å². The highest BCUT2D eigenvalue weighted by Crippen LogP contribution is 2.38. The van der Waals surface area contributed by atoms with Gasteiger partial charge in [-0.25, -0.2) is 0 Å². The molecule has 2 N–H and O–H groups in total. The first-order valence-corrected chi connectivity index (χ1v) is 5.24. The highest BCUT2D eigenvalue weighted by Gasteiger charge is 2.14. The van der Waals surface area contributed by atoms with Crippen LogP contribution in [0.1, 0.15) is 0 Å². The van der Waals surface area contributed by atoms with Crippen LogP contribution < -0.4 is 15.4 Å². The van der Waals surface area contributed by atoms with Crippen LogP contribution >= 0.6 is 23.2 Å². The molecule has 1 aromatic rings. The molecule has 0 atom stereocenters. The minimum Gasteiger partial charge on any atom is -0.495 e. The summed E-state index contributed by atoms with van der Waals surface area (Å²) in [4.78, 5) is 12.4. The van der Waals surface area contributed by atoms with Gasteiger partial charge in [-0.05, 0) is 12.1 Å². The molecule has 0 bridgehead atoms. The number of methoxy groups -OCH3 is 1. The van der Waals surface area contributed by atoms with E-state index in [0.29, 0.717) is 21.5 Å². The molecule has 0 unspecified atom stereocenters. The molecule has 0 spiro atoms. The van der Waals surface area contributed by atoms with E-state index in [9.17, 15) is 4.79 Å². The summed E-state index contributed by atoms with van der Waals surface area (Å²) in [5.74, 6) is 0.0494. The Labute approximate surface area is 104 Å². The molecule has 0 fully saturated rings. The normalized spacial score (nSPS) is 10.0. The van der Waals surface area contributed by atoms with Crippen molar-refractivity contribution in [3.05, 3.63) is 22.2 Å². The van der Waals surface area contributed by atoms with Crippen LogP contribution in [0.2, 0.25) is 10.0 Å². The van der Waals surface area contributed by atoms with Crippen molar-refractivity contribution in [2.24, 2.45) is 5.73 Å². The maximum Gasteiger partial charge on any atom is 0.236 e. The Morgan fingerprint density at radius 1 is 1.44 bits per heavy atom. The lowest BCUT2D eigenvalue weighted by Gasteiger charge is -2.20. The zero-order valence-electron chi connectivity index (χ0n) is 8.96. The molecule has 4 nitrogen and oxygen atoms in total. The Morgan fingerprint density at radius 3 is 2.56 bits per heavy atom. The molecule has 0 aliphatic carbocycles. The lowest BCUT2D eigenvalue weighted by molar-refractivity contribution is -0.116. The van der Waals surface area contributed by atoms with Crippen molar-refractivity contribution in [3.63, 3.8) is 0 Å². The van der Waals surface area contributed by atoms with Gasteiger partial charge < -0.3 is 15.4 Å². The number of carbonyl (C=O) groups is 1. The lowest BCUT2D eigenvalue weighted by Crippen LogP contribution is -2.30. The van der Waals surface area contributed by atoms with E-state index >= 15 is 0 Å². The number of ether oxygens (including phenoxy) is 1. The number of anilines is 1. The molecular formula is C10H12Cl2N2O2. The zero-order chi connectivity index (χ0) is 12.3. The van der Waals surface area contributed by atoms with Crippen LogP contribution in [0, 0.1) is 0 Å². The Hall–Kier alpha value is -1.13. The summed E-state index contributed by atoms with van der Waals surface area (Å²) in [5, 5.41) is 0.655. The van der Waals surface area contributed by atoms with E-state index in [2.05, 4.69) is 0 Å². The summed E-state index contributed by atoms with van der Waals surface area (Å²) in [6, 6.07) is 3.40. The first-order chi connectivity index (χ1) is 7.47. The summed E-state index contributed by atoms with van der Waals surface area (Å²) in [6.45, 7) is 0.0718. The second-order valence-corrected chi connectivity index (χ2v) is 3.99. The smallest absolute Gasteiger partial charge is 0.236 e. The van der Waals surface area contributed by atoms with Gasteiger partial charge in [0.1, 0.15) is 10.8 Å². The molecule has 0 saturated heterocycles. The first kappa shape index (κ1) is 12.9. The molecule has 1 aromatic carbocycles. The van der Waals surface area contributed by atoms with Crippen molar-refractivity contribution in [2.45, 2.75) is 0 Å². The van der Waals surface area contributed by atoms with Gasteiger partial charge in [-0.2, -0.15) is 0 Å². The van der Waals surface area contributed by atoms with E-state index in [1.54, 1.807) is 24.1 Å². The van der Waals surface area contributed by atoms with Gasteiger partial charge >= 0.3 is 0 Å². The van der Waals surface area contributed by atoms with Crippen LogP contribution in [-0.2, 0) is 4.79 Å². The second-order valence-electron chi connectivity index (χ2n) is 3.24. The molecule has 0 saturated carbocycles. The van der Waals surface area contributed by atoms with E-state index in [-0.39, 0.29) is 6.54 Å². The van der Waals surface area contributed by atoms with Gasteiger partial charge in [0.2, 0.25) is 5.91 Å². The number of likely N-dealkylation sites (N-methyl/N-ethyl adjacent to an activating group) is 1. The predicted molar refractivity (Wildman–Crippen MR) is 65.5 cm³/mol. The average molecular weight is 263 g/mol. The van der Waals surface area contributed by atoms with Gasteiger partial charge in [0.25, 0.3) is 0 Å². The summed E-state index contributed by atoms with van der Waals surface area (Å²) < 4.78 is 5.02. The zero-order valence-corrected chi connectivity index (χ0v) is 10.5. The topological polar surface area (TPSA) is 55.6 Å². The number of halogens is 2. The number of hydrogen-bond acceptors (Lipinski definition) is 3. The molecule has 0 aliphatic heterocycles. The fraction of sp³-hybridized carbons (Fsp3) is 0.300. The van der Waals surface area contributed by atoms with E-state index < -0.39 is 5.91 Å². The quantitative estimate of drug-likeness (QED) is 0.902. The number of hydrogen-bond donors (Lipinski definition) is 1. The second kappa shape index (κ2) is 5.27. The van der Waals surface area contributed by atoms with Gasteiger partial charge in [0.15, 0.2) is 0 Å². The van der Waals surface area contributed by atoms with Crippen LogP contribution in [0.25, 0.3) is 0 Å².